The molecule has 7 aliphatic rings. The molecular weight excluding hydrogens is 912 g/mol. The monoisotopic (exact) mass is 970 g/mol. The van der Waals surface area contributed by atoms with Crippen molar-refractivity contribution in [3.8, 4) is 17.0 Å². The average molecular weight is 971 g/mol. The fourth-order valence-corrected chi connectivity index (χ4v) is 12.5. The minimum atomic E-state index is -0.742. The van der Waals surface area contributed by atoms with E-state index in [4.69, 9.17) is 29.2 Å². The van der Waals surface area contributed by atoms with Gasteiger partial charge in [-0.15, -0.1) is 11.3 Å². The number of halogens is 1. The molecule has 0 radical (unpaired) electrons. The molecule has 3 unspecified atom stereocenters. The first-order valence-electron chi connectivity index (χ1n) is 24.6. The number of rotatable bonds is 12. The Morgan fingerprint density at radius 2 is 1.51 bits per heavy atom. The van der Waals surface area contributed by atoms with E-state index in [2.05, 4.69) is 40.3 Å². The summed E-state index contributed by atoms with van der Waals surface area (Å²) in [5.41, 5.74) is 7.25. The number of amides is 4. The number of allylic oxidation sites excluding steroid dienone is 2. The molecule has 15 nitrogen and oxygen atoms in total. The van der Waals surface area contributed by atoms with Gasteiger partial charge in [0, 0.05) is 66.8 Å². The number of hydrogen-bond acceptors (Lipinski definition) is 11. The first-order chi connectivity index (χ1) is 33.6. The zero-order chi connectivity index (χ0) is 48.9. The van der Waals surface area contributed by atoms with E-state index in [1.165, 1.54) is 14.2 Å². The number of aliphatic imine (C=N–C) groups is 2. The van der Waals surface area contributed by atoms with Crippen molar-refractivity contribution in [3.63, 3.8) is 0 Å². The summed E-state index contributed by atoms with van der Waals surface area (Å²) >= 11 is 1.64. The molecule has 4 aromatic rings. The molecule has 2 saturated heterocycles. The number of likely N-dealkylation sites (tertiary alicyclic amines) is 2. The third-order valence-electron chi connectivity index (χ3n) is 15.6. The van der Waals surface area contributed by atoms with Crippen LogP contribution in [0.2, 0.25) is 0 Å². The standard InChI is InChI=1S/C53H59FN8O7S/c1-26(2)45(58-51(65)67-6)48(63)60-14-8-9-38(60)35-18-33(24-55-35)30-16-34(54)44-39-19-31-15-29(12-13-37(31)61(39)50(69-41(44)20-30)42-25-57-47(70-42)28-10-11-28)32-17-36(56-23-32)40-21-53(5)22-43(53)62(40)49(64)46(27(3)4)59-52(66)68-7/h12-13,15-16,19-20,23-28,38,40,43,45-46,50H,8-11,14,17-18,21-22H2,1-7H3,(H,58,65)(H,59,66)/t38-,40-,43?,45-,46-,50?,53?/m0/s1. The lowest BCUT2D eigenvalue weighted by Gasteiger charge is -2.33. The third-order valence-corrected chi connectivity index (χ3v) is 16.8. The van der Waals surface area contributed by atoms with Gasteiger partial charge in [0.1, 0.15) is 23.7 Å². The molecule has 17 heteroatoms. The van der Waals surface area contributed by atoms with Crippen LogP contribution in [0.5, 0.6) is 5.75 Å². The van der Waals surface area contributed by atoms with Crippen LogP contribution >= 0.6 is 11.3 Å². The number of carbonyl (C=O) groups excluding carboxylic acids is 4. The Hall–Kier alpha value is -6.36. The van der Waals surface area contributed by atoms with Gasteiger partial charge in [-0.25, -0.2) is 19.0 Å². The summed E-state index contributed by atoms with van der Waals surface area (Å²) in [6.45, 7) is 10.4. The van der Waals surface area contributed by atoms with Crippen LogP contribution in [0.25, 0.3) is 33.3 Å². The van der Waals surface area contributed by atoms with Crippen LogP contribution in [0.4, 0.5) is 14.0 Å². The lowest BCUT2D eigenvalue weighted by atomic mass is 9.93. The zero-order valence-corrected chi connectivity index (χ0v) is 41.4. The van der Waals surface area contributed by atoms with Crippen LogP contribution in [-0.2, 0) is 19.1 Å². The predicted molar refractivity (Wildman–Crippen MR) is 265 cm³/mol. The van der Waals surface area contributed by atoms with Gasteiger partial charge in [0.25, 0.3) is 0 Å². The number of nitrogens with one attached hydrogen (secondary N) is 2. The molecule has 2 saturated carbocycles. The van der Waals surface area contributed by atoms with E-state index in [1.54, 1.807) is 23.6 Å². The minimum absolute atomic E-state index is 0.0132. The summed E-state index contributed by atoms with van der Waals surface area (Å²) in [5, 5.41) is 7.50. The Kier molecular flexibility index (Phi) is 11.5. The largest absolute Gasteiger partial charge is 0.464 e. The number of thiazole rings is 1. The van der Waals surface area contributed by atoms with Gasteiger partial charge in [0.2, 0.25) is 18.0 Å². The molecule has 4 fully saturated rings. The molecule has 366 valence electrons. The van der Waals surface area contributed by atoms with Gasteiger partial charge < -0.3 is 34.6 Å². The van der Waals surface area contributed by atoms with E-state index in [-0.39, 0.29) is 47.2 Å². The molecule has 2 aromatic carbocycles. The molecule has 5 aliphatic heterocycles. The molecule has 0 spiro atoms. The fraction of sp³-hybridized carbons (Fsp3) is 0.491. The highest BCUT2D eigenvalue weighted by Gasteiger charge is 2.64. The maximum atomic E-state index is 17.0. The second-order valence-corrected chi connectivity index (χ2v) is 22.1. The molecule has 0 bridgehead atoms. The van der Waals surface area contributed by atoms with Gasteiger partial charge in [0.05, 0.1) is 53.0 Å². The summed E-state index contributed by atoms with van der Waals surface area (Å²) in [5.74, 6) is -0.0975. The van der Waals surface area contributed by atoms with Crippen molar-refractivity contribution >= 4 is 68.8 Å². The smallest absolute Gasteiger partial charge is 0.407 e. The second kappa shape index (κ2) is 17.5. The van der Waals surface area contributed by atoms with Gasteiger partial charge in [-0.05, 0) is 108 Å². The topological polar surface area (TPSA) is 169 Å². The maximum Gasteiger partial charge on any atom is 0.407 e. The number of methoxy groups -OCH3 is 2. The lowest BCUT2D eigenvalue weighted by Crippen LogP contribution is -2.54. The van der Waals surface area contributed by atoms with Gasteiger partial charge >= 0.3 is 12.2 Å². The number of piperidine rings is 1. The molecular formula is C53H59FN8O7S. The van der Waals surface area contributed by atoms with Crippen LogP contribution in [0, 0.1) is 23.1 Å². The summed E-state index contributed by atoms with van der Waals surface area (Å²) in [6, 6.07) is 10.0. The normalized spacial score (nSPS) is 25.1. The number of aromatic nitrogens is 2. The highest BCUT2D eigenvalue weighted by atomic mass is 32.1. The van der Waals surface area contributed by atoms with Gasteiger partial charge in [-0.2, -0.15) is 0 Å². The zero-order valence-electron chi connectivity index (χ0n) is 40.6. The highest BCUT2D eigenvalue weighted by molar-refractivity contribution is 7.11. The molecule has 7 atom stereocenters. The number of hydrogen-bond donors (Lipinski definition) is 2. The highest BCUT2D eigenvalue weighted by Crippen LogP contribution is 2.60. The number of fused-ring (bicyclic) bond motifs is 6. The first-order valence-corrected chi connectivity index (χ1v) is 25.4. The SMILES string of the molecule is COC(=O)N[C@H](C(=O)N1CCC[C@H]1C1=NC=C(c2cc(F)c3c(c2)OC(c2cnc(C4CC4)s2)n2c-3cc3cc(C4=CN=C([C@@H]5CC6(C)CC6N5C(=O)[C@@H](NC(=O)OC)C(C)C)C4)ccc32)C1)C(C)C. The summed E-state index contributed by atoms with van der Waals surface area (Å²) in [6.07, 6.45) is 10.2. The quantitative estimate of drug-likeness (QED) is 0.142. The Labute approximate surface area is 410 Å². The molecule has 11 rings (SSSR count). The van der Waals surface area contributed by atoms with Crippen molar-refractivity contribution < 1.29 is 37.8 Å². The van der Waals surface area contributed by atoms with Crippen LogP contribution in [-0.4, -0.2) is 106 Å². The van der Waals surface area contributed by atoms with E-state index < -0.39 is 36.3 Å². The van der Waals surface area contributed by atoms with Crippen molar-refractivity contribution in [3.05, 3.63) is 81.8 Å². The van der Waals surface area contributed by atoms with Crippen molar-refractivity contribution in [2.75, 3.05) is 20.8 Å². The van der Waals surface area contributed by atoms with E-state index in [9.17, 15) is 19.2 Å². The van der Waals surface area contributed by atoms with Crippen LogP contribution in [0.15, 0.2) is 65.0 Å². The van der Waals surface area contributed by atoms with Gasteiger partial charge in [0.15, 0.2) is 0 Å². The van der Waals surface area contributed by atoms with Crippen LogP contribution < -0.4 is 15.4 Å². The number of ether oxygens (including phenoxy) is 3. The second-order valence-electron chi connectivity index (χ2n) is 21.0. The van der Waals surface area contributed by atoms with E-state index in [0.29, 0.717) is 47.9 Å². The minimum Gasteiger partial charge on any atom is -0.464 e. The van der Waals surface area contributed by atoms with Crippen LogP contribution in [0.1, 0.15) is 119 Å². The molecule has 70 heavy (non-hydrogen) atoms. The first kappa shape index (κ1) is 46.0. The molecule has 2 N–H and O–H groups in total. The predicted octanol–water partition coefficient (Wildman–Crippen LogP) is 9.22. The Morgan fingerprint density at radius 1 is 0.843 bits per heavy atom. The van der Waals surface area contributed by atoms with E-state index in [1.807, 2.05) is 62.0 Å². The lowest BCUT2D eigenvalue weighted by molar-refractivity contribution is -0.135. The van der Waals surface area contributed by atoms with Gasteiger partial charge in [-0.1, -0.05) is 40.7 Å². The molecule has 7 heterocycles. The van der Waals surface area contributed by atoms with Gasteiger partial charge in [-0.3, -0.25) is 24.1 Å². The number of carbonyl (C=O) groups is 4. The van der Waals surface area contributed by atoms with Crippen molar-refractivity contribution in [1.29, 1.82) is 0 Å². The van der Waals surface area contributed by atoms with Crippen molar-refractivity contribution in [1.82, 2.24) is 30.0 Å². The molecule has 4 amide bonds. The molecule has 2 aromatic heterocycles. The average Bonchev–Trinajstić information content (AvgIpc) is 3.81. The van der Waals surface area contributed by atoms with Crippen molar-refractivity contribution in [2.24, 2.45) is 27.2 Å². The van der Waals surface area contributed by atoms with E-state index >= 15 is 4.39 Å². The number of nitrogens with zero attached hydrogens (tertiary/aromatic N) is 6. The Bertz CT molecular complexity index is 2980. The summed E-state index contributed by atoms with van der Waals surface area (Å²) < 4.78 is 35.7. The summed E-state index contributed by atoms with van der Waals surface area (Å²) in [7, 11) is 2.58. The maximum absolute atomic E-state index is 17.0. The Morgan fingerprint density at radius 3 is 2.19 bits per heavy atom. The van der Waals surface area contributed by atoms with Crippen molar-refractivity contribution in [2.45, 2.75) is 128 Å². The number of benzene rings is 2. The summed E-state index contributed by atoms with van der Waals surface area (Å²) in [4.78, 5) is 71.8. The van der Waals surface area contributed by atoms with Crippen LogP contribution in [0.3, 0.4) is 0 Å². The molecule has 2 aliphatic carbocycles. The Balaban J connectivity index is 0.865. The third kappa shape index (κ3) is 7.97. The van der Waals surface area contributed by atoms with E-state index in [0.717, 1.165) is 87.4 Å². The fourth-order valence-electron chi connectivity index (χ4n) is 11.4. The number of alkyl carbamates (subject to hydrolysis) is 2.